The quantitative estimate of drug-likeness (QED) is 0.388. The molecule has 0 radical (unpaired) electrons. The second kappa shape index (κ2) is 4.57. The summed E-state index contributed by atoms with van der Waals surface area (Å²) in [5, 5.41) is 9.60. The standard InChI is InChI=1S/C8H9ClN4O/c9-3-7(14)13-5-1-2-6(8(10)11)12-4-5/h1-2,4H,3H2,(H3,10,11)(H,13,14). The average Bonchev–Trinajstić information content (AvgIpc) is 2.18. The monoisotopic (exact) mass is 212 g/mol. The summed E-state index contributed by atoms with van der Waals surface area (Å²) in [6.07, 6.45) is 1.42. The van der Waals surface area contributed by atoms with E-state index in [1.165, 1.54) is 6.20 Å². The molecule has 1 heterocycles. The highest BCUT2D eigenvalue weighted by molar-refractivity contribution is 6.29. The van der Waals surface area contributed by atoms with Gasteiger partial charge in [0.1, 0.15) is 17.4 Å². The number of anilines is 1. The first-order valence-electron chi connectivity index (χ1n) is 3.79. The number of alkyl halides is 1. The van der Waals surface area contributed by atoms with Crippen LogP contribution in [0.1, 0.15) is 5.69 Å². The lowest BCUT2D eigenvalue weighted by Crippen LogP contribution is -2.15. The predicted octanol–water partition coefficient (Wildman–Crippen LogP) is 0.543. The van der Waals surface area contributed by atoms with Gasteiger partial charge in [0, 0.05) is 0 Å². The van der Waals surface area contributed by atoms with Crippen molar-refractivity contribution in [3.8, 4) is 0 Å². The third-order valence-electron chi connectivity index (χ3n) is 1.44. The van der Waals surface area contributed by atoms with Crippen LogP contribution in [0.3, 0.4) is 0 Å². The van der Waals surface area contributed by atoms with E-state index in [0.717, 1.165) is 0 Å². The Morgan fingerprint density at radius 3 is 2.79 bits per heavy atom. The van der Waals surface area contributed by atoms with Crippen LogP contribution >= 0.6 is 11.6 Å². The van der Waals surface area contributed by atoms with Gasteiger partial charge in [0.15, 0.2) is 0 Å². The van der Waals surface area contributed by atoms with Crippen molar-refractivity contribution in [2.75, 3.05) is 11.2 Å². The van der Waals surface area contributed by atoms with Gasteiger partial charge in [-0.2, -0.15) is 0 Å². The molecule has 1 aromatic rings. The van der Waals surface area contributed by atoms with E-state index in [2.05, 4.69) is 10.3 Å². The highest BCUT2D eigenvalue weighted by Crippen LogP contribution is 2.05. The maximum absolute atomic E-state index is 10.9. The number of carbonyl (C=O) groups excluding carboxylic acids is 1. The van der Waals surface area contributed by atoms with E-state index in [1.54, 1.807) is 12.1 Å². The topological polar surface area (TPSA) is 91.9 Å². The van der Waals surface area contributed by atoms with Crippen molar-refractivity contribution in [3.05, 3.63) is 24.0 Å². The van der Waals surface area contributed by atoms with Gasteiger partial charge in [0.05, 0.1) is 11.9 Å². The predicted molar refractivity (Wildman–Crippen MR) is 54.6 cm³/mol. The molecule has 0 unspecified atom stereocenters. The summed E-state index contributed by atoms with van der Waals surface area (Å²) in [5.74, 6) is -0.515. The molecule has 6 heteroatoms. The van der Waals surface area contributed by atoms with Crippen LogP contribution in [0.2, 0.25) is 0 Å². The number of pyridine rings is 1. The fourth-order valence-corrected chi connectivity index (χ4v) is 0.888. The molecule has 1 rings (SSSR count). The maximum Gasteiger partial charge on any atom is 0.239 e. The van der Waals surface area contributed by atoms with E-state index in [4.69, 9.17) is 22.7 Å². The zero-order valence-electron chi connectivity index (χ0n) is 7.25. The lowest BCUT2D eigenvalue weighted by Gasteiger charge is -2.02. The molecule has 0 fully saturated rings. The Labute approximate surface area is 85.8 Å². The van der Waals surface area contributed by atoms with Gasteiger partial charge in [0.2, 0.25) is 5.91 Å². The lowest BCUT2D eigenvalue weighted by atomic mass is 10.3. The van der Waals surface area contributed by atoms with E-state index >= 15 is 0 Å². The largest absolute Gasteiger partial charge is 0.382 e. The zero-order chi connectivity index (χ0) is 10.6. The van der Waals surface area contributed by atoms with Crippen LogP contribution in [0.5, 0.6) is 0 Å². The fourth-order valence-electron chi connectivity index (χ4n) is 0.822. The van der Waals surface area contributed by atoms with Crippen LogP contribution in [-0.2, 0) is 4.79 Å². The number of carbonyl (C=O) groups is 1. The summed E-state index contributed by atoms with van der Waals surface area (Å²) >= 11 is 5.30. The molecule has 0 spiro atoms. The van der Waals surface area contributed by atoms with E-state index in [0.29, 0.717) is 11.4 Å². The highest BCUT2D eigenvalue weighted by atomic mass is 35.5. The molecule has 5 nitrogen and oxygen atoms in total. The molecular weight excluding hydrogens is 204 g/mol. The Bertz CT molecular complexity index is 349. The molecule has 0 aliphatic heterocycles. The molecular formula is C8H9ClN4O. The Morgan fingerprint density at radius 1 is 1.64 bits per heavy atom. The number of halogens is 1. The molecule has 14 heavy (non-hydrogen) atoms. The number of nitrogen functional groups attached to an aromatic ring is 1. The first kappa shape index (κ1) is 10.5. The molecule has 1 aromatic heterocycles. The van der Waals surface area contributed by atoms with E-state index < -0.39 is 0 Å². The molecule has 0 saturated heterocycles. The maximum atomic E-state index is 10.9. The first-order chi connectivity index (χ1) is 6.63. The molecule has 74 valence electrons. The Balaban J connectivity index is 2.73. The first-order valence-corrected chi connectivity index (χ1v) is 4.33. The molecule has 0 aromatic carbocycles. The zero-order valence-corrected chi connectivity index (χ0v) is 8.01. The van der Waals surface area contributed by atoms with Gasteiger partial charge in [-0.05, 0) is 12.1 Å². The molecule has 1 amide bonds. The van der Waals surface area contributed by atoms with Crippen molar-refractivity contribution >= 4 is 29.0 Å². The van der Waals surface area contributed by atoms with Crippen molar-refractivity contribution < 1.29 is 4.79 Å². The molecule has 0 saturated carbocycles. The Hall–Kier alpha value is -1.62. The van der Waals surface area contributed by atoms with Crippen LogP contribution in [0.25, 0.3) is 0 Å². The van der Waals surface area contributed by atoms with E-state index in [9.17, 15) is 4.79 Å². The highest BCUT2D eigenvalue weighted by Gasteiger charge is 2.01. The van der Waals surface area contributed by atoms with Gasteiger partial charge < -0.3 is 11.1 Å². The van der Waals surface area contributed by atoms with Gasteiger partial charge in [0.25, 0.3) is 0 Å². The number of hydrogen-bond donors (Lipinski definition) is 3. The van der Waals surface area contributed by atoms with Crippen molar-refractivity contribution in [3.63, 3.8) is 0 Å². The third-order valence-corrected chi connectivity index (χ3v) is 1.69. The van der Waals surface area contributed by atoms with E-state index in [1.807, 2.05) is 0 Å². The SMILES string of the molecule is N=C(N)c1ccc(NC(=O)CCl)cn1. The van der Waals surface area contributed by atoms with Gasteiger partial charge in [-0.15, -0.1) is 11.6 Å². The van der Waals surface area contributed by atoms with Crippen molar-refractivity contribution in [1.29, 1.82) is 5.41 Å². The minimum Gasteiger partial charge on any atom is -0.382 e. The van der Waals surface area contributed by atoms with Crippen LogP contribution in [-0.4, -0.2) is 22.6 Å². The molecule has 0 aliphatic carbocycles. The van der Waals surface area contributed by atoms with E-state index in [-0.39, 0.29) is 17.6 Å². The Morgan fingerprint density at radius 2 is 2.36 bits per heavy atom. The summed E-state index contributed by atoms with van der Waals surface area (Å²) < 4.78 is 0. The number of hydrogen-bond acceptors (Lipinski definition) is 3. The average molecular weight is 213 g/mol. The van der Waals surface area contributed by atoms with Gasteiger partial charge in [-0.1, -0.05) is 0 Å². The smallest absolute Gasteiger partial charge is 0.239 e. The minimum absolute atomic E-state index is 0.103. The van der Waals surface area contributed by atoms with Crippen LogP contribution in [0.4, 0.5) is 5.69 Å². The van der Waals surface area contributed by atoms with Gasteiger partial charge in [-0.3, -0.25) is 15.2 Å². The minimum atomic E-state index is -0.302. The number of amidine groups is 1. The summed E-state index contributed by atoms with van der Waals surface area (Å²) in [7, 11) is 0. The number of amides is 1. The number of aromatic nitrogens is 1. The number of nitrogens with two attached hydrogens (primary N) is 1. The lowest BCUT2D eigenvalue weighted by molar-refractivity contribution is -0.113. The summed E-state index contributed by atoms with van der Waals surface area (Å²) in [4.78, 5) is 14.7. The molecule has 4 N–H and O–H groups in total. The number of nitrogens with one attached hydrogen (secondary N) is 2. The summed E-state index contributed by atoms with van der Waals surface area (Å²) in [6, 6.07) is 3.15. The van der Waals surface area contributed by atoms with Crippen molar-refractivity contribution in [2.45, 2.75) is 0 Å². The fraction of sp³-hybridized carbons (Fsp3) is 0.125. The van der Waals surface area contributed by atoms with Crippen LogP contribution in [0, 0.1) is 5.41 Å². The molecule has 0 aliphatic rings. The van der Waals surface area contributed by atoms with Crippen molar-refractivity contribution in [1.82, 2.24) is 4.98 Å². The normalized spacial score (nSPS) is 9.50. The van der Waals surface area contributed by atoms with Gasteiger partial charge >= 0.3 is 0 Å². The molecule has 0 bridgehead atoms. The molecule has 0 atom stereocenters. The van der Waals surface area contributed by atoms with Gasteiger partial charge in [-0.25, -0.2) is 0 Å². The Kier molecular flexibility index (Phi) is 3.41. The summed E-state index contributed by atoms with van der Waals surface area (Å²) in [5.41, 5.74) is 6.10. The third kappa shape index (κ3) is 2.70. The van der Waals surface area contributed by atoms with Crippen LogP contribution in [0.15, 0.2) is 18.3 Å². The van der Waals surface area contributed by atoms with Crippen molar-refractivity contribution in [2.24, 2.45) is 5.73 Å². The second-order valence-corrected chi connectivity index (χ2v) is 2.79. The summed E-state index contributed by atoms with van der Waals surface area (Å²) in [6.45, 7) is 0. The second-order valence-electron chi connectivity index (χ2n) is 2.53. The van der Waals surface area contributed by atoms with Crippen LogP contribution < -0.4 is 11.1 Å². The number of rotatable bonds is 3. The number of nitrogens with zero attached hydrogens (tertiary/aromatic N) is 1.